The fourth-order valence-corrected chi connectivity index (χ4v) is 2.72. The zero-order chi connectivity index (χ0) is 16.3. The van der Waals surface area contributed by atoms with Crippen LogP contribution in [0.1, 0.15) is 41.6 Å². The van der Waals surface area contributed by atoms with E-state index in [0.29, 0.717) is 12.0 Å². The van der Waals surface area contributed by atoms with Crippen LogP contribution in [0.3, 0.4) is 0 Å². The molecule has 0 bridgehead atoms. The molecule has 0 spiro atoms. The Bertz CT molecular complexity index is 456. The lowest BCUT2D eigenvalue weighted by molar-refractivity contribution is 0.0482. The zero-order valence-corrected chi connectivity index (χ0v) is 13.8. The van der Waals surface area contributed by atoms with Gasteiger partial charge in [0.1, 0.15) is 0 Å². The predicted octanol–water partition coefficient (Wildman–Crippen LogP) is 1.80. The predicted molar refractivity (Wildman–Crippen MR) is 90.4 cm³/mol. The number of piperidine rings is 1. The number of hydrogen-bond acceptors (Lipinski definition) is 5. The number of aliphatic hydroxyl groups is 1. The molecule has 2 N–H and O–H groups in total. The van der Waals surface area contributed by atoms with Crippen LogP contribution in [-0.2, 0) is 11.3 Å². The van der Waals surface area contributed by atoms with Gasteiger partial charge in [0.2, 0.25) is 0 Å². The van der Waals surface area contributed by atoms with Gasteiger partial charge in [-0.3, -0.25) is 0 Å². The van der Waals surface area contributed by atoms with Crippen LogP contribution in [0.4, 0.5) is 0 Å². The molecular weight excluding hydrogens is 292 g/mol. The van der Waals surface area contributed by atoms with Gasteiger partial charge >= 0.3 is 5.97 Å². The zero-order valence-electron chi connectivity index (χ0n) is 13.8. The van der Waals surface area contributed by atoms with Crippen LogP contribution in [0, 0.1) is 0 Å². The van der Waals surface area contributed by atoms with Crippen LogP contribution in [0.15, 0.2) is 24.3 Å². The number of carbonyl (C=O) groups excluding carboxylic acids is 1. The molecule has 5 heteroatoms. The van der Waals surface area contributed by atoms with Gasteiger partial charge in [-0.25, -0.2) is 4.79 Å². The second-order valence-electron chi connectivity index (χ2n) is 5.99. The highest BCUT2D eigenvalue weighted by atomic mass is 16.5. The summed E-state index contributed by atoms with van der Waals surface area (Å²) < 4.78 is 5.05. The minimum Gasteiger partial charge on any atom is -0.462 e. The van der Waals surface area contributed by atoms with Crippen molar-refractivity contribution in [2.24, 2.45) is 0 Å². The molecular formula is C18H28N2O3. The highest BCUT2D eigenvalue weighted by Crippen LogP contribution is 2.08. The van der Waals surface area contributed by atoms with Gasteiger partial charge in [-0.2, -0.15) is 0 Å². The summed E-state index contributed by atoms with van der Waals surface area (Å²) in [6.07, 6.45) is 4.51. The standard InChI is InChI=1S/C18H28N2O3/c21-13-4-14-23-18(22)17-7-5-16(6-8-17)15-19-9-12-20-10-2-1-3-11-20/h5-8,19,21H,1-4,9-15H2. The third-order valence-electron chi connectivity index (χ3n) is 4.11. The molecule has 1 fully saturated rings. The van der Waals surface area contributed by atoms with Crippen molar-refractivity contribution in [2.45, 2.75) is 32.2 Å². The van der Waals surface area contributed by atoms with Crippen LogP contribution in [0.5, 0.6) is 0 Å². The van der Waals surface area contributed by atoms with E-state index in [9.17, 15) is 4.79 Å². The molecule has 2 rings (SSSR count). The molecule has 1 aliphatic rings. The highest BCUT2D eigenvalue weighted by molar-refractivity contribution is 5.89. The van der Waals surface area contributed by atoms with E-state index >= 15 is 0 Å². The van der Waals surface area contributed by atoms with Crippen molar-refractivity contribution in [3.63, 3.8) is 0 Å². The van der Waals surface area contributed by atoms with Crippen LogP contribution >= 0.6 is 0 Å². The Labute approximate surface area is 138 Å². The number of likely N-dealkylation sites (tertiary alicyclic amines) is 1. The minimum atomic E-state index is -0.331. The maximum Gasteiger partial charge on any atom is 0.338 e. The van der Waals surface area contributed by atoms with Gasteiger partial charge in [0, 0.05) is 32.7 Å². The first-order valence-electron chi connectivity index (χ1n) is 8.59. The number of ether oxygens (including phenoxy) is 1. The van der Waals surface area contributed by atoms with Crippen LogP contribution < -0.4 is 5.32 Å². The Hall–Kier alpha value is -1.43. The average molecular weight is 320 g/mol. The minimum absolute atomic E-state index is 0.0370. The molecule has 128 valence electrons. The summed E-state index contributed by atoms with van der Waals surface area (Å²) in [5.41, 5.74) is 1.72. The molecule has 0 aliphatic carbocycles. The molecule has 0 atom stereocenters. The van der Waals surface area contributed by atoms with Crippen molar-refractivity contribution in [3.05, 3.63) is 35.4 Å². The van der Waals surface area contributed by atoms with Gasteiger partial charge in [-0.05, 0) is 43.6 Å². The third-order valence-corrected chi connectivity index (χ3v) is 4.11. The number of carbonyl (C=O) groups is 1. The van der Waals surface area contributed by atoms with Crippen LogP contribution in [0.25, 0.3) is 0 Å². The van der Waals surface area contributed by atoms with Gasteiger partial charge in [0.15, 0.2) is 0 Å². The molecule has 5 nitrogen and oxygen atoms in total. The SMILES string of the molecule is O=C(OCCCO)c1ccc(CNCCN2CCCCC2)cc1. The number of benzene rings is 1. The summed E-state index contributed by atoms with van der Waals surface area (Å²) in [5, 5.41) is 12.1. The number of nitrogens with one attached hydrogen (secondary N) is 1. The Kier molecular flexibility index (Phi) is 8.07. The lowest BCUT2D eigenvalue weighted by Crippen LogP contribution is -2.35. The normalized spacial score (nSPS) is 15.5. The van der Waals surface area contributed by atoms with Crippen molar-refractivity contribution in [3.8, 4) is 0 Å². The quantitative estimate of drug-likeness (QED) is 0.537. The van der Waals surface area contributed by atoms with E-state index in [1.165, 1.54) is 32.4 Å². The second-order valence-corrected chi connectivity index (χ2v) is 5.99. The summed E-state index contributed by atoms with van der Waals surface area (Å²) in [7, 11) is 0. The largest absolute Gasteiger partial charge is 0.462 e. The van der Waals surface area contributed by atoms with Gasteiger partial charge in [-0.1, -0.05) is 18.6 Å². The van der Waals surface area contributed by atoms with Crippen LogP contribution in [0.2, 0.25) is 0 Å². The van der Waals surface area contributed by atoms with Crippen molar-refractivity contribution in [1.29, 1.82) is 0 Å². The molecule has 1 aromatic carbocycles. The molecule has 0 radical (unpaired) electrons. The molecule has 0 unspecified atom stereocenters. The summed E-state index contributed by atoms with van der Waals surface area (Å²) >= 11 is 0. The third kappa shape index (κ3) is 6.69. The number of hydrogen-bond donors (Lipinski definition) is 2. The first-order valence-corrected chi connectivity index (χ1v) is 8.59. The smallest absolute Gasteiger partial charge is 0.338 e. The lowest BCUT2D eigenvalue weighted by atomic mass is 10.1. The number of aliphatic hydroxyl groups excluding tert-OH is 1. The Morgan fingerprint density at radius 3 is 2.61 bits per heavy atom. The lowest BCUT2D eigenvalue weighted by Gasteiger charge is -2.26. The van der Waals surface area contributed by atoms with E-state index in [0.717, 1.165) is 25.2 Å². The average Bonchev–Trinajstić information content (AvgIpc) is 2.60. The maximum atomic E-state index is 11.7. The Morgan fingerprint density at radius 1 is 1.17 bits per heavy atom. The van der Waals surface area contributed by atoms with Crippen LogP contribution in [-0.4, -0.2) is 55.4 Å². The molecule has 0 aromatic heterocycles. The monoisotopic (exact) mass is 320 g/mol. The first-order chi connectivity index (χ1) is 11.3. The van der Waals surface area contributed by atoms with E-state index in [4.69, 9.17) is 9.84 Å². The van der Waals surface area contributed by atoms with E-state index in [1.807, 2.05) is 12.1 Å². The van der Waals surface area contributed by atoms with Gasteiger partial charge < -0.3 is 20.1 Å². The molecule has 1 heterocycles. The molecule has 1 saturated heterocycles. The fourth-order valence-electron chi connectivity index (χ4n) is 2.72. The second kappa shape index (κ2) is 10.4. The van der Waals surface area contributed by atoms with E-state index in [1.54, 1.807) is 12.1 Å². The molecule has 23 heavy (non-hydrogen) atoms. The molecule has 1 aliphatic heterocycles. The number of rotatable bonds is 9. The van der Waals surface area contributed by atoms with Gasteiger partial charge in [-0.15, -0.1) is 0 Å². The van der Waals surface area contributed by atoms with Crippen molar-refractivity contribution in [2.75, 3.05) is 39.4 Å². The molecule has 1 aromatic rings. The van der Waals surface area contributed by atoms with Crippen molar-refractivity contribution >= 4 is 5.97 Å². The summed E-state index contributed by atoms with van der Waals surface area (Å²) in [4.78, 5) is 14.3. The van der Waals surface area contributed by atoms with Crippen molar-refractivity contribution in [1.82, 2.24) is 10.2 Å². The fraction of sp³-hybridized carbons (Fsp3) is 0.611. The number of nitrogens with zero attached hydrogens (tertiary/aromatic N) is 1. The van der Waals surface area contributed by atoms with E-state index in [2.05, 4.69) is 10.2 Å². The molecule has 0 amide bonds. The maximum absolute atomic E-state index is 11.7. The van der Waals surface area contributed by atoms with E-state index < -0.39 is 0 Å². The van der Waals surface area contributed by atoms with Gasteiger partial charge in [0.05, 0.1) is 12.2 Å². The number of esters is 1. The first kappa shape index (κ1) is 17.9. The summed E-state index contributed by atoms with van der Waals surface area (Å²) in [6.45, 7) is 5.67. The van der Waals surface area contributed by atoms with Crippen molar-refractivity contribution < 1.29 is 14.6 Å². The van der Waals surface area contributed by atoms with Gasteiger partial charge in [0.25, 0.3) is 0 Å². The van der Waals surface area contributed by atoms with E-state index in [-0.39, 0.29) is 19.2 Å². The summed E-state index contributed by atoms with van der Waals surface area (Å²) in [6, 6.07) is 7.50. The molecule has 0 saturated carbocycles. The Morgan fingerprint density at radius 2 is 1.91 bits per heavy atom. The Balaban J connectivity index is 1.65. The summed E-state index contributed by atoms with van der Waals surface area (Å²) in [5.74, 6) is -0.331. The highest BCUT2D eigenvalue weighted by Gasteiger charge is 2.09. The topological polar surface area (TPSA) is 61.8 Å².